The van der Waals surface area contributed by atoms with Crippen molar-refractivity contribution >= 4 is 29.9 Å². The summed E-state index contributed by atoms with van der Waals surface area (Å²) in [6.45, 7) is 7.98. The Labute approximate surface area is 119 Å². The van der Waals surface area contributed by atoms with Gasteiger partial charge in [0.2, 0.25) is 0 Å². The lowest BCUT2D eigenvalue weighted by Gasteiger charge is -2.26. The zero-order valence-corrected chi connectivity index (χ0v) is 13.1. The van der Waals surface area contributed by atoms with Crippen LogP contribution in [0.2, 0.25) is 0 Å². The summed E-state index contributed by atoms with van der Waals surface area (Å²) in [4.78, 5) is 7.67. The maximum Gasteiger partial charge on any atom is 0.191 e. The molecular weight excluding hydrogens is 262 g/mol. The number of aliphatic imine (C=N–C) groups is 1. The fraction of sp³-hybridized carbons (Fsp3) is 0.462. The first kappa shape index (κ1) is 15.1. The lowest BCUT2D eigenvalue weighted by atomic mass is 9.94. The third-order valence-corrected chi connectivity index (χ3v) is 4.45. The van der Waals surface area contributed by atoms with Crippen molar-refractivity contribution in [1.82, 2.24) is 4.90 Å². The number of thiol groups is 1. The first-order valence-electron chi connectivity index (χ1n) is 5.73. The van der Waals surface area contributed by atoms with Crippen LogP contribution in [0.5, 0.6) is 0 Å². The van der Waals surface area contributed by atoms with Gasteiger partial charge in [0.25, 0.3) is 0 Å². The Kier molecular flexibility index (Phi) is 4.87. The van der Waals surface area contributed by atoms with Crippen LogP contribution in [0.25, 0.3) is 0 Å². The molecule has 0 amide bonds. The molecule has 1 aromatic rings. The predicted octanol–water partition coefficient (Wildman–Crippen LogP) is 3.01. The summed E-state index contributed by atoms with van der Waals surface area (Å²) < 4.78 is 0.997. The zero-order valence-electron chi connectivity index (χ0n) is 11.4. The lowest BCUT2D eigenvalue weighted by Crippen LogP contribution is -2.34. The minimum absolute atomic E-state index is 0.369. The molecule has 0 spiro atoms. The molecule has 0 fully saturated rings. The molecule has 0 radical (unpaired) electrons. The summed E-state index contributed by atoms with van der Waals surface area (Å²) in [5.41, 5.74) is 6.78. The number of nitrogens with zero attached hydrogens (tertiary/aromatic N) is 2. The summed E-state index contributed by atoms with van der Waals surface area (Å²) in [5.74, 6) is 0.521. The largest absolute Gasteiger partial charge is 0.370 e. The molecule has 5 heteroatoms. The van der Waals surface area contributed by atoms with E-state index in [0.29, 0.717) is 5.96 Å². The molecule has 1 rings (SSSR count). The van der Waals surface area contributed by atoms with Gasteiger partial charge in [-0.3, -0.25) is 0 Å². The van der Waals surface area contributed by atoms with E-state index in [1.54, 1.807) is 11.3 Å². The number of hydrogen-bond donors (Lipinski definition) is 2. The van der Waals surface area contributed by atoms with Gasteiger partial charge < -0.3 is 10.6 Å². The van der Waals surface area contributed by atoms with Gasteiger partial charge in [-0.25, -0.2) is 4.99 Å². The second-order valence-corrected chi connectivity index (χ2v) is 6.56. The fourth-order valence-corrected chi connectivity index (χ4v) is 3.30. The second kappa shape index (κ2) is 5.80. The SMILES string of the molecule is C=CCC(C)(N=C(N)N(C)C)c1sc(S)cc1C. The third-order valence-electron chi connectivity index (χ3n) is 2.76. The van der Waals surface area contributed by atoms with E-state index >= 15 is 0 Å². The van der Waals surface area contributed by atoms with Crippen molar-refractivity contribution in [3.8, 4) is 0 Å². The van der Waals surface area contributed by atoms with Crippen LogP contribution >= 0.6 is 24.0 Å². The first-order valence-corrected chi connectivity index (χ1v) is 7.00. The molecule has 0 saturated heterocycles. The molecule has 2 N–H and O–H groups in total. The van der Waals surface area contributed by atoms with Crippen molar-refractivity contribution < 1.29 is 0 Å². The molecule has 18 heavy (non-hydrogen) atoms. The predicted molar refractivity (Wildman–Crippen MR) is 83.8 cm³/mol. The van der Waals surface area contributed by atoms with Crippen molar-refractivity contribution in [2.75, 3.05) is 14.1 Å². The van der Waals surface area contributed by atoms with Crippen molar-refractivity contribution in [1.29, 1.82) is 0 Å². The van der Waals surface area contributed by atoms with E-state index in [2.05, 4.69) is 44.1 Å². The first-order chi connectivity index (χ1) is 8.30. The number of aryl methyl sites for hydroxylation is 1. The monoisotopic (exact) mass is 283 g/mol. The van der Waals surface area contributed by atoms with Gasteiger partial charge in [0, 0.05) is 19.0 Å². The topological polar surface area (TPSA) is 41.6 Å². The molecule has 1 atom stereocenters. The highest BCUT2D eigenvalue weighted by Gasteiger charge is 2.29. The van der Waals surface area contributed by atoms with Gasteiger partial charge in [-0.05, 0) is 31.9 Å². The molecule has 0 saturated carbocycles. The summed E-state index contributed by atoms with van der Waals surface area (Å²) in [6, 6.07) is 2.06. The van der Waals surface area contributed by atoms with Crippen molar-refractivity contribution in [3.63, 3.8) is 0 Å². The Hall–Kier alpha value is -0.940. The van der Waals surface area contributed by atoms with E-state index < -0.39 is 0 Å². The Bertz CT molecular complexity index is 463. The average Bonchev–Trinajstić information content (AvgIpc) is 2.58. The van der Waals surface area contributed by atoms with Gasteiger partial charge in [0.15, 0.2) is 5.96 Å². The van der Waals surface area contributed by atoms with E-state index in [4.69, 9.17) is 5.73 Å². The lowest BCUT2D eigenvalue weighted by molar-refractivity contribution is 0.493. The highest BCUT2D eigenvalue weighted by molar-refractivity contribution is 7.82. The molecule has 0 aliphatic heterocycles. The van der Waals surface area contributed by atoms with Crippen LogP contribution in [-0.2, 0) is 5.54 Å². The van der Waals surface area contributed by atoms with E-state index in [1.807, 2.05) is 25.1 Å². The van der Waals surface area contributed by atoms with Crippen LogP contribution in [0.3, 0.4) is 0 Å². The molecule has 0 aromatic carbocycles. The van der Waals surface area contributed by atoms with Gasteiger partial charge in [-0.2, -0.15) is 0 Å². The molecule has 1 heterocycles. The van der Waals surface area contributed by atoms with Crippen LogP contribution in [0, 0.1) is 6.92 Å². The second-order valence-electron chi connectivity index (χ2n) is 4.73. The van der Waals surface area contributed by atoms with Crippen LogP contribution < -0.4 is 5.73 Å². The van der Waals surface area contributed by atoms with Crippen LogP contribution in [0.1, 0.15) is 23.8 Å². The third kappa shape index (κ3) is 3.29. The quantitative estimate of drug-likeness (QED) is 0.386. The van der Waals surface area contributed by atoms with Crippen molar-refractivity contribution in [2.24, 2.45) is 10.7 Å². The molecule has 0 aliphatic carbocycles. The smallest absolute Gasteiger partial charge is 0.191 e. The summed E-state index contributed by atoms with van der Waals surface area (Å²) in [5, 5.41) is 0. The van der Waals surface area contributed by atoms with Gasteiger partial charge in [0.05, 0.1) is 9.75 Å². The number of nitrogens with two attached hydrogens (primary N) is 1. The van der Waals surface area contributed by atoms with Gasteiger partial charge in [-0.15, -0.1) is 30.5 Å². The molecule has 100 valence electrons. The standard InChI is InChI=1S/C13H21N3S2/c1-6-7-13(3,15-12(14)16(4)5)11-9(2)8-10(17)18-11/h6,8,17H,1,7H2,2-5H3,(H2,14,15). The Balaban J connectivity index is 3.27. The fourth-order valence-electron chi connectivity index (χ4n) is 1.82. The zero-order chi connectivity index (χ0) is 13.9. The Morgan fingerprint density at radius 2 is 2.28 bits per heavy atom. The highest BCUT2D eigenvalue weighted by Crippen LogP contribution is 2.39. The molecule has 0 aliphatic rings. The summed E-state index contributed by atoms with van der Waals surface area (Å²) in [7, 11) is 3.77. The van der Waals surface area contributed by atoms with Crippen molar-refractivity contribution in [3.05, 3.63) is 29.2 Å². The summed E-state index contributed by atoms with van der Waals surface area (Å²) in [6.07, 6.45) is 2.62. The molecule has 1 unspecified atom stereocenters. The number of thiophene rings is 1. The number of guanidine groups is 1. The Morgan fingerprint density at radius 1 is 1.67 bits per heavy atom. The van der Waals surface area contributed by atoms with E-state index in [0.717, 1.165) is 10.6 Å². The van der Waals surface area contributed by atoms with Crippen LogP contribution in [0.4, 0.5) is 0 Å². The number of rotatable bonds is 4. The van der Waals surface area contributed by atoms with Gasteiger partial charge in [-0.1, -0.05) is 6.08 Å². The van der Waals surface area contributed by atoms with Crippen molar-refractivity contribution in [2.45, 2.75) is 30.0 Å². The van der Waals surface area contributed by atoms with Crippen LogP contribution in [-0.4, -0.2) is 25.0 Å². The Morgan fingerprint density at radius 3 is 2.67 bits per heavy atom. The maximum absolute atomic E-state index is 5.95. The molecule has 0 bridgehead atoms. The normalized spacial score (nSPS) is 15.3. The van der Waals surface area contributed by atoms with E-state index in [9.17, 15) is 0 Å². The van der Waals surface area contributed by atoms with Gasteiger partial charge in [0.1, 0.15) is 0 Å². The van der Waals surface area contributed by atoms with Crippen LogP contribution in [0.15, 0.2) is 27.9 Å². The van der Waals surface area contributed by atoms with E-state index in [-0.39, 0.29) is 5.54 Å². The molecule has 1 aromatic heterocycles. The number of hydrogen-bond acceptors (Lipinski definition) is 3. The minimum atomic E-state index is -0.369. The highest BCUT2D eigenvalue weighted by atomic mass is 32.2. The molecule has 3 nitrogen and oxygen atoms in total. The average molecular weight is 283 g/mol. The van der Waals surface area contributed by atoms with E-state index in [1.165, 1.54) is 10.4 Å². The summed E-state index contributed by atoms with van der Waals surface area (Å²) >= 11 is 6.06. The maximum atomic E-state index is 5.95. The minimum Gasteiger partial charge on any atom is -0.370 e. The molecular formula is C13H21N3S2. The van der Waals surface area contributed by atoms with Gasteiger partial charge >= 0.3 is 0 Å².